The second-order valence-corrected chi connectivity index (χ2v) is 4.98. The molecule has 3 heterocycles. The summed E-state index contributed by atoms with van der Waals surface area (Å²) in [5.41, 5.74) is 2.49. The molecule has 22 heavy (non-hydrogen) atoms. The normalized spacial score (nSPS) is 17.5. The number of nitrogens with zero attached hydrogens (tertiary/aromatic N) is 3. The molecule has 1 fully saturated rings. The third kappa shape index (κ3) is 1.98. The smallest absolute Gasteiger partial charge is 0.407 e. The summed E-state index contributed by atoms with van der Waals surface area (Å²) in [5.74, 6) is -0.399. The summed E-state index contributed by atoms with van der Waals surface area (Å²) in [5, 5.41) is 6.75. The van der Waals surface area contributed by atoms with Crippen LogP contribution in [0.3, 0.4) is 0 Å². The molecule has 2 aromatic heterocycles. The fourth-order valence-electron chi connectivity index (χ4n) is 2.56. The molecule has 0 aliphatic carbocycles. The molecule has 0 spiro atoms. The van der Waals surface area contributed by atoms with Gasteiger partial charge in [0.2, 0.25) is 0 Å². The van der Waals surface area contributed by atoms with Gasteiger partial charge >= 0.3 is 6.09 Å². The maximum absolute atomic E-state index is 14.4. The molecule has 4 rings (SSSR count). The van der Waals surface area contributed by atoms with Gasteiger partial charge in [0.25, 0.3) is 0 Å². The Morgan fingerprint density at radius 1 is 1.41 bits per heavy atom. The Kier molecular flexibility index (Phi) is 2.78. The third-order valence-electron chi connectivity index (χ3n) is 3.64. The number of rotatable bonds is 2. The first-order valence-electron chi connectivity index (χ1n) is 6.74. The van der Waals surface area contributed by atoms with E-state index in [0.29, 0.717) is 16.8 Å². The average molecular weight is 298 g/mol. The predicted molar refractivity (Wildman–Crippen MR) is 75.6 cm³/mol. The molecule has 110 valence electrons. The lowest BCUT2D eigenvalue weighted by Gasteiger charge is -2.10. The van der Waals surface area contributed by atoms with Crippen LogP contribution in [0.2, 0.25) is 0 Å². The highest BCUT2D eigenvalue weighted by Crippen LogP contribution is 2.28. The van der Waals surface area contributed by atoms with E-state index in [2.05, 4.69) is 15.4 Å². The Bertz CT molecular complexity index is 877. The number of carbonyl (C=O) groups excluding carboxylic acids is 1. The Hall–Kier alpha value is -2.96. The number of alkyl carbamates (subject to hydrolysis) is 1. The number of hydrogen-bond donors (Lipinski definition) is 1. The van der Waals surface area contributed by atoms with Crippen molar-refractivity contribution in [1.29, 1.82) is 0 Å². The lowest BCUT2D eigenvalue weighted by Crippen LogP contribution is -2.19. The minimum absolute atomic E-state index is 0.132. The highest BCUT2D eigenvalue weighted by atomic mass is 19.1. The van der Waals surface area contributed by atoms with Crippen LogP contribution in [0, 0.1) is 5.82 Å². The van der Waals surface area contributed by atoms with Gasteiger partial charge in [0.1, 0.15) is 12.4 Å². The van der Waals surface area contributed by atoms with Crippen LogP contribution in [-0.2, 0) is 4.74 Å². The van der Waals surface area contributed by atoms with Gasteiger partial charge in [0.15, 0.2) is 5.65 Å². The maximum Gasteiger partial charge on any atom is 0.407 e. The minimum Gasteiger partial charge on any atom is -0.447 e. The third-order valence-corrected chi connectivity index (χ3v) is 3.64. The average Bonchev–Trinajstić information content (AvgIpc) is 3.13. The quantitative estimate of drug-likeness (QED) is 0.788. The Morgan fingerprint density at radius 2 is 2.32 bits per heavy atom. The van der Waals surface area contributed by atoms with Crippen LogP contribution in [0.4, 0.5) is 9.18 Å². The molecule has 6 nitrogen and oxygen atoms in total. The number of benzene rings is 1. The molecule has 1 unspecified atom stereocenters. The van der Waals surface area contributed by atoms with Crippen LogP contribution in [-0.4, -0.2) is 27.3 Å². The zero-order valence-electron chi connectivity index (χ0n) is 11.4. The number of cyclic esters (lactones) is 1. The van der Waals surface area contributed by atoms with E-state index in [1.165, 1.54) is 6.07 Å². The molecule has 0 radical (unpaired) electrons. The van der Waals surface area contributed by atoms with Gasteiger partial charge in [0.05, 0.1) is 12.2 Å². The summed E-state index contributed by atoms with van der Waals surface area (Å²) in [6.07, 6.45) is 4.57. The number of amides is 1. The predicted octanol–water partition coefficient (Wildman–Crippen LogP) is 2.32. The van der Waals surface area contributed by atoms with E-state index in [4.69, 9.17) is 4.74 Å². The highest BCUT2D eigenvalue weighted by Gasteiger charge is 2.26. The maximum atomic E-state index is 14.4. The Balaban J connectivity index is 1.75. The van der Waals surface area contributed by atoms with Crippen molar-refractivity contribution in [1.82, 2.24) is 19.9 Å². The standard InChI is InChI=1S/C15H11FN4O2/c16-12-6-9(2-3-10(12)13-8-22-15(21)19-13)11-7-18-20-5-1-4-17-14(11)20/h1-7,13H,8H2,(H,19,21). The summed E-state index contributed by atoms with van der Waals surface area (Å²) >= 11 is 0. The van der Waals surface area contributed by atoms with Crippen molar-refractivity contribution in [2.75, 3.05) is 6.61 Å². The Labute approximate surface area is 124 Å². The minimum atomic E-state index is -0.527. The van der Waals surface area contributed by atoms with E-state index in [1.54, 1.807) is 41.3 Å². The summed E-state index contributed by atoms with van der Waals surface area (Å²) in [4.78, 5) is 15.3. The number of hydrogen-bond acceptors (Lipinski definition) is 4. The van der Waals surface area contributed by atoms with E-state index in [-0.39, 0.29) is 6.61 Å². The second-order valence-electron chi connectivity index (χ2n) is 4.98. The van der Waals surface area contributed by atoms with Gasteiger partial charge in [-0.15, -0.1) is 0 Å². The molecule has 1 atom stereocenters. The van der Waals surface area contributed by atoms with E-state index in [9.17, 15) is 9.18 Å². The number of fused-ring (bicyclic) bond motifs is 1. The van der Waals surface area contributed by atoms with E-state index in [0.717, 1.165) is 5.56 Å². The van der Waals surface area contributed by atoms with Crippen LogP contribution >= 0.6 is 0 Å². The topological polar surface area (TPSA) is 68.5 Å². The van der Waals surface area contributed by atoms with Gasteiger partial charge in [-0.3, -0.25) is 0 Å². The molecular weight excluding hydrogens is 287 g/mol. The first kappa shape index (κ1) is 12.8. The van der Waals surface area contributed by atoms with E-state index >= 15 is 0 Å². The fourth-order valence-corrected chi connectivity index (χ4v) is 2.56. The highest BCUT2D eigenvalue weighted by molar-refractivity contribution is 5.77. The van der Waals surface area contributed by atoms with Gasteiger partial charge in [-0.1, -0.05) is 12.1 Å². The molecule has 1 N–H and O–H groups in total. The summed E-state index contributed by atoms with van der Waals surface area (Å²) < 4.78 is 20.8. The van der Waals surface area contributed by atoms with Crippen molar-refractivity contribution >= 4 is 11.7 Å². The van der Waals surface area contributed by atoms with Crippen molar-refractivity contribution < 1.29 is 13.9 Å². The second kappa shape index (κ2) is 4.80. The van der Waals surface area contributed by atoms with E-state index in [1.807, 2.05) is 0 Å². The van der Waals surface area contributed by atoms with Crippen LogP contribution in [0.1, 0.15) is 11.6 Å². The van der Waals surface area contributed by atoms with Crippen LogP contribution < -0.4 is 5.32 Å². The van der Waals surface area contributed by atoms with Gasteiger partial charge in [-0.05, 0) is 17.7 Å². The molecule has 1 saturated heterocycles. The van der Waals surface area contributed by atoms with Crippen molar-refractivity contribution in [3.8, 4) is 11.1 Å². The molecule has 7 heteroatoms. The van der Waals surface area contributed by atoms with Crippen LogP contribution in [0.25, 0.3) is 16.8 Å². The summed E-state index contributed by atoms with van der Waals surface area (Å²) in [6, 6.07) is 6.18. The summed E-state index contributed by atoms with van der Waals surface area (Å²) in [6.45, 7) is 0.132. The van der Waals surface area contributed by atoms with Crippen LogP contribution in [0.5, 0.6) is 0 Å². The number of ether oxygens (including phenoxy) is 1. The van der Waals surface area contributed by atoms with Crippen molar-refractivity contribution in [2.24, 2.45) is 0 Å². The first-order chi connectivity index (χ1) is 10.7. The van der Waals surface area contributed by atoms with Crippen molar-refractivity contribution in [3.05, 3.63) is 54.2 Å². The first-order valence-corrected chi connectivity index (χ1v) is 6.74. The molecule has 1 aliphatic heterocycles. The largest absolute Gasteiger partial charge is 0.447 e. The lowest BCUT2D eigenvalue weighted by atomic mass is 10.0. The summed E-state index contributed by atoms with van der Waals surface area (Å²) in [7, 11) is 0. The fraction of sp³-hybridized carbons (Fsp3) is 0.133. The van der Waals surface area contributed by atoms with E-state index < -0.39 is 18.0 Å². The van der Waals surface area contributed by atoms with Gasteiger partial charge in [-0.25, -0.2) is 18.7 Å². The van der Waals surface area contributed by atoms with Crippen LogP contribution in [0.15, 0.2) is 42.9 Å². The Morgan fingerprint density at radius 3 is 3.09 bits per heavy atom. The SMILES string of the molecule is O=C1NC(c2ccc(-c3cnn4cccnc34)cc2F)CO1. The molecular formula is C15H11FN4O2. The zero-order chi connectivity index (χ0) is 15.1. The molecule has 0 bridgehead atoms. The van der Waals surface area contributed by atoms with Crippen molar-refractivity contribution in [2.45, 2.75) is 6.04 Å². The molecule has 1 aliphatic rings. The van der Waals surface area contributed by atoms with Gasteiger partial charge in [-0.2, -0.15) is 5.10 Å². The monoisotopic (exact) mass is 298 g/mol. The van der Waals surface area contributed by atoms with Crippen molar-refractivity contribution in [3.63, 3.8) is 0 Å². The molecule has 1 aromatic carbocycles. The zero-order valence-corrected chi connectivity index (χ0v) is 11.4. The number of halogens is 1. The van der Waals surface area contributed by atoms with Gasteiger partial charge < -0.3 is 10.1 Å². The molecule has 1 amide bonds. The molecule has 3 aromatic rings. The number of aromatic nitrogens is 3. The molecule has 0 saturated carbocycles. The lowest BCUT2D eigenvalue weighted by molar-refractivity contribution is 0.177. The van der Waals surface area contributed by atoms with Gasteiger partial charge in [0, 0.05) is 23.5 Å². The number of carbonyl (C=O) groups is 1. The number of nitrogens with one attached hydrogen (secondary N) is 1.